The summed E-state index contributed by atoms with van der Waals surface area (Å²) in [5, 5.41) is 3.42. The van der Waals surface area contributed by atoms with E-state index in [0.717, 1.165) is 24.9 Å². The quantitative estimate of drug-likeness (QED) is 0.797. The Labute approximate surface area is 110 Å². The molecule has 0 aliphatic carbocycles. The average molecular weight is 270 g/mol. The molecule has 0 aromatic heterocycles. The molecule has 1 rings (SSSR count). The average Bonchev–Trinajstić information content (AvgIpc) is 2.40. The molecule has 0 saturated carbocycles. The molecule has 1 atom stereocenters. The molecule has 4 nitrogen and oxygen atoms in total. The van der Waals surface area contributed by atoms with E-state index >= 15 is 0 Å². The van der Waals surface area contributed by atoms with Crippen LogP contribution >= 0.6 is 0 Å². The molecule has 1 unspecified atom stereocenters. The highest BCUT2D eigenvalue weighted by Gasteiger charge is 2.14. The lowest BCUT2D eigenvalue weighted by molar-refractivity contribution is 0.517. The van der Waals surface area contributed by atoms with Crippen LogP contribution in [0, 0.1) is 0 Å². The van der Waals surface area contributed by atoms with Crippen molar-refractivity contribution in [1.82, 2.24) is 10.0 Å². The smallest absolute Gasteiger partial charge is 0.240 e. The summed E-state index contributed by atoms with van der Waals surface area (Å²) < 4.78 is 25.8. The fourth-order valence-corrected chi connectivity index (χ4v) is 2.62. The number of rotatable bonds is 7. The van der Waals surface area contributed by atoms with Crippen molar-refractivity contribution in [2.75, 3.05) is 13.6 Å². The van der Waals surface area contributed by atoms with Gasteiger partial charge in [0.05, 0.1) is 4.90 Å². The molecule has 0 bridgehead atoms. The second-order valence-electron chi connectivity index (χ2n) is 4.20. The molecule has 1 aromatic rings. The lowest BCUT2D eigenvalue weighted by Crippen LogP contribution is -2.23. The fraction of sp³-hybridized carbons (Fsp3) is 0.538. The first kappa shape index (κ1) is 15.1. The van der Waals surface area contributed by atoms with Gasteiger partial charge in [0.15, 0.2) is 0 Å². The van der Waals surface area contributed by atoms with Crippen LogP contribution < -0.4 is 10.0 Å². The van der Waals surface area contributed by atoms with Crippen LogP contribution in [0.3, 0.4) is 0 Å². The summed E-state index contributed by atoms with van der Waals surface area (Å²) >= 11 is 0. The topological polar surface area (TPSA) is 58.2 Å². The molecule has 2 N–H and O–H groups in total. The van der Waals surface area contributed by atoms with E-state index in [2.05, 4.69) is 23.9 Å². The van der Waals surface area contributed by atoms with Gasteiger partial charge in [-0.05, 0) is 44.1 Å². The Kier molecular flexibility index (Phi) is 5.78. The zero-order valence-electron chi connectivity index (χ0n) is 11.2. The lowest BCUT2D eigenvalue weighted by Gasteiger charge is -2.17. The molecule has 0 aliphatic heterocycles. The highest BCUT2D eigenvalue weighted by atomic mass is 32.2. The molecule has 0 amide bonds. The Bertz CT molecular complexity index is 472. The summed E-state index contributed by atoms with van der Waals surface area (Å²) in [5.74, 6) is 0. The summed E-state index contributed by atoms with van der Waals surface area (Å²) in [7, 11) is -1.94. The molecule has 0 radical (unpaired) electrons. The van der Waals surface area contributed by atoms with Crippen molar-refractivity contribution >= 4 is 10.0 Å². The molecule has 0 spiro atoms. The molecule has 0 saturated heterocycles. The van der Waals surface area contributed by atoms with Crippen molar-refractivity contribution in [3.63, 3.8) is 0 Å². The van der Waals surface area contributed by atoms with Gasteiger partial charge >= 0.3 is 0 Å². The maximum Gasteiger partial charge on any atom is 0.240 e. The first-order valence-electron chi connectivity index (χ1n) is 6.32. The molecule has 0 fully saturated rings. The van der Waals surface area contributed by atoms with Gasteiger partial charge in [0, 0.05) is 6.04 Å². The van der Waals surface area contributed by atoms with Gasteiger partial charge in [0.2, 0.25) is 10.0 Å². The van der Waals surface area contributed by atoms with Gasteiger partial charge in [-0.25, -0.2) is 13.1 Å². The van der Waals surface area contributed by atoms with Crippen molar-refractivity contribution in [2.24, 2.45) is 0 Å². The van der Waals surface area contributed by atoms with Crippen LogP contribution in [-0.4, -0.2) is 22.0 Å². The summed E-state index contributed by atoms with van der Waals surface area (Å²) in [6.07, 6.45) is 1.99. The van der Waals surface area contributed by atoms with E-state index in [1.807, 2.05) is 6.07 Å². The van der Waals surface area contributed by atoms with E-state index in [4.69, 9.17) is 0 Å². The highest BCUT2D eigenvalue weighted by molar-refractivity contribution is 7.89. The first-order valence-corrected chi connectivity index (χ1v) is 7.80. The van der Waals surface area contributed by atoms with E-state index in [0.29, 0.717) is 4.90 Å². The van der Waals surface area contributed by atoms with Crippen molar-refractivity contribution in [1.29, 1.82) is 0 Å². The van der Waals surface area contributed by atoms with Gasteiger partial charge < -0.3 is 5.32 Å². The second kappa shape index (κ2) is 6.87. The highest BCUT2D eigenvalue weighted by Crippen LogP contribution is 2.20. The van der Waals surface area contributed by atoms with Gasteiger partial charge in [0.1, 0.15) is 0 Å². The normalized spacial score (nSPS) is 13.5. The first-order chi connectivity index (χ1) is 8.55. The fourth-order valence-electron chi connectivity index (χ4n) is 1.83. The predicted molar refractivity (Wildman–Crippen MR) is 74.0 cm³/mol. The Balaban J connectivity index is 3.00. The van der Waals surface area contributed by atoms with Crippen LogP contribution in [0.2, 0.25) is 0 Å². The molecule has 102 valence electrons. The van der Waals surface area contributed by atoms with Crippen LogP contribution in [0.5, 0.6) is 0 Å². The largest absolute Gasteiger partial charge is 0.310 e. The Morgan fingerprint density at radius 1 is 1.28 bits per heavy atom. The van der Waals surface area contributed by atoms with Gasteiger partial charge in [-0.15, -0.1) is 0 Å². The van der Waals surface area contributed by atoms with Crippen LogP contribution in [0.25, 0.3) is 0 Å². The van der Waals surface area contributed by atoms with Gasteiger partial charge in [-0.2, -0.15) is 0 Å². The SMILES string of the molecule is CCCNC(CC)c1cccc(S(=O)(=O)NC)c1. The summed E-state index contributed by atoms with van der Waals surface area (Å²) in [5.41, 5.74) is 1.02. The number of hydrogen-bond donors (Lipinski definition) is 2. The van der Waals surface area contributed by atoms with E-state index in [9.17, 15) is 8.42 Å². The number of benzene rings is 1. The second-order valence-corrected chi connectivity index (χ2v) is 6.08. The Hall–Kier alpha value is -0.910. The number of nitrogens with one attached hydrogen (secondary N) is 2. The zero-order valence-corrected chi connectivity index (χ0v) is 12.0. The molecular formula is C13H22N2O2S. The monoisotopic (exact) mass is 270 g/mol. The van der Waals surface area contributed by atoms with E-state index in [-0.39, 0.29) is 6.04 Å². The third-order valence-electron chi connectivity index (χ3n) is 2.89. The van der Waals surface area contributed by atoms with Crippen molar-refractivity contribution < 1.29 is 8.42 Å². The Morgan fingerprint density at radius 3 is 2.56 bits per heavy atom. The minimum Gasteiger partial charge on any atom is -0.310 e. The van der Waals surface area contributed by atoms with Gasteiger partial charge in [0.25, 0.3) is 0 Å². The van der Waals surface area contributed by atoms with Crippen LogP contribution in [0.1, 0.15) is 38.3 Å². The third-order valence-corrected chi connectivity index (χ3v) is 4.30. The maximum absolute atomic E-state index is 11.7. The van der Waals surface area contributed by atoms with Crippen LogP contribution in [-0.2, 0) is 10.0 Å². The predicted octanol–water partition coefficient (Wildman–Crippen LogP) is 2.05. The van der Waals surface area contributed by atoms with Crippen molar-refractivity contribution in [2.45, 2.75) is 37.6 Å². The minimum atomic E-state index is -3.36. The standard InChI is InChI=1S/C13H22N2O2S/c1-4-9-15-13(5-2)11-7-6-8-12(10-11)18(16,17)14-3/h6-8,10,13-15H,4-5,9H2,1-3H3. The van der Waals surface area contributed by atoms with Crippen molar-refractivity contribution in [3.8, 4) is 0 Å². The minimum absolute atomic E-state index is 0.206. The Morgan fingerprint density at radius 2 is 2.00 bits per heavy atom. The molecule has 0 aliphatic rings. The number of sulfonamides is 1. The van der Waals surface area contributed by atoms with E-state index in [1.165, 1.54) is 7.05 Å². The van der Waals surface area contributed by atoms with Crippen LogP contribution in [0.4, 0.5) is 0 Å². The molecule has 1 aromatic carbocycles. The molecule has 0 heterocycles. The summed E-state index contributed by atoms with van der Waals surface area (Å²) in [6.45, 7) is 5.13. The van der Waals surface area contributed by atoms with E-state index < -0.39 is 10.0 Å². The zero-order chi connectivity index (χ0) is 13.6. The van der Waals surface area contributed by atoms with Gasteiger partial charge in [-0.3, -0.25) is 0 Å². The third kappa shape index (κ3) is 3.80. The van der Waals surface area contributed by atoms with Crippen LogP contribution in [0.15, 0.2) is 29.2 Å². The summed E-state index contributed by atoms with van der Waals surface area (Å²) in [4.78, 5) is 0.319. The molecule has 18 heavy (non-hydrogen) atoms. The van der Waals surface area contributed by atoms with E-state index in [1.54, 1.807) is 18.2 Å². The molecular weight excluding hydrogens is 248 g/mol. The lowest BCUT2D eigenvalue weighted by atomic mass is 10.0. The van der Waals surface area contributed by atoms with Gasteiger partial charge in [-0.1, -0.05) is 26.0 Å². The molecule has 5 heteroatoms. The van der Waals surface area contributed by atoms with Crippen molar-refractivity contribution in [3.05, 3.63) is 29.8 Å². The maximum atomic E-state index is 11.7. The summed E-state index contributed by atoms with van der Waals surface area (Å²) in [6, 6.07) is 7.31. The number of hydrogen-bond acceptors (Lipinski definition) is 3.